The number of sulfonamides is 1. The molecule has 5 rings (SSSR count). The number of halogens is 3. The molecule has 12 nitrogen and oxygen atoms in total. The molecular formula is C25H30F3N5O7S. The van der Waals surface area contributed by atoms with Crippen molar-refractivity contribution in [3.63, 3.8) is 0 Å². The number of aromatic nitrogens is 4. The van der Waals surface area contributed by atoms with E-state index < -0.39 is 64.5 Å². The Balaban J connectivity index is 1.35. The van der Waals surface area contributed by atoms with Gasteiger partial charge in [-0.05, 0) is 25.0 Å². The maximum atomic E-state index is 14.4. The molecule has 0 bridgehead atoms. The summed E-state index contributed by atoms with van der Waals surface area (Å²) in [4.78, 5) is 0. The molecular weight excluding hydrogens is 571 g/mol. The third-order valence-electron chi connectivity index (χ3n) is 7.68. The summed E-state index contributed by atoms with van der Waals surface area (Å²) in [5.41, 5.74) is 0.0982. The average Bonchev–Trinajstić information content (AvgIpc) is 3.62. The van der Waals surface area contributed by atoms with Crippen molar-refractivity contribution in [3.05, 3.63) is 53.3 Å². The van der Waals surface area contributed by atoms with Gasteiger partial charge in [0, 0.05) is 44.2 Å². The van der Waals surface area contributed by atoms with Crippen LogP contribution >= 0.6 is 0 Å². The lowest BCUT2D eigenvalue weighted by Gasteiger charge is -2.43. The van der Waals surface area contributed by atoms with Gasteiger partial charge in [-0.15, -0.1) is 5.10 Å². The van der Waals surface area contributed by atoms with E-state index >= 15 is 0 Å². The Morgan fingerprint density at radius 3 is 2.54 bits per heavy atom. The van der Waals surface area contributed by atoms with Crippen molar-refractivity contribution >= 4 is 10.0 Å². The Hall–Kier alpha value is -2.89. The highest BCUT2D eigenvalue weighted by Crippen LogP contribution is 2.35. The zero-order chi connectivity index (χ0) is 29.5. The zero-order valence-electron chi connectivity index (χ0n) is 22.2. The summed E-state index contributed by atoms with van der Waals surface area (Å²) in [6.07, 6.45) is -0.187. The zero-order valence-corrected chi connectivity index (χ0v) is 23.0. The Morgan fingerprint density at radius 2 is 1.88 bits per heavy atom. The Bertz CT molecular complexity index is 1480. The van der Waals surface area contributed by atoms with E-state index in [0.29, 0.717) is 37.4 Å². The van der Waals surface area contributed by atoms with Crippen LogP contribution in [0, 0.1) is 17.5 Å². The number of nitrogens with zero attached hydrogens (tertiary/aromatic N) is 5. The average molecular weight is 602 g/mol. The Kier molecular flexibility index (Phi) is 8.50. The van der Waals surface area contributed by atoms with Crippen molar-refractivity contribution in [1.29, 1.82) is 0 Å². The molecule has 3 aromatic rings. The van der Waals surface area contributed by atoms with Crippen LogP contribution in [-0.4, -0.2) is 101 Å². The summed E-state index contributed by atoms with van der Waals surface area (Å²) in [5, 5.41) is 32.9. The van der Waals surface area contributed by atoms with Crippen molar-refractivity contribution in [2.24, 2.45) is 0 Å². The van der Waals surface area contributed by atoms with Crippen molar-refractivity contribution in [1.82, 2.24) is 24.5 Å². The molecule has 4 heterocycles. The van der Waals surface area contributed by atoms with Gasteiger partial charge in [0.05, 0.1) is 30.9 Å². The summed E-state index contributed by atoms with van der Waals surface area (Å²) in [5.74, 6) is -3.82. The second kappa shape index (κ2) is 11.8. The minimum atomic E-state index is -3.26. The Morgan fingerprint density at radius 1 is 1.15 bits per heavy atom. The molecule has 0 amide bonds. The monoisotopic (exact) mass is 601 g/mol. The fourth-order valence-electron chi connectivity index (χ4n) is 5.49. The van der Waals surface area contributed by atoms with Crippen molar-refractivity contribution in [3.8, 4) is 11.3 Å². The van der Waals surface area contributed by atoms with E-state index in [0.717, 1.165) is 12.1 Å². The molecule has 2 N–H and O–H groups in total. The number of benzene rings is 1. The molecule has 0 saturated carbocycles. The molecule has 2 aliphatic rings. The van der Waals surface area contributed by atoms with E-state index in [2.05, 4.69) is 15.5 Å². The molecule has 5 atom stereocenters. The van der Waals surface area contributed by atoms with Crippen LogP contribution in [0.25, 0.3) is 11.3 Å². The van der Waals surface area contributed by atoms with Gasteiger partial charge in [-0.25, -0.2) is 30.6 Å². The molecule has 0 unspecified atom stereocenters. The predicted octanol–water partition coefficient (Wildman–Crippen LogP) is 1.41. The molecule has 224 valence electrons. The van der Waals surface area contributed by atoms with Crippen LogP contribution in [0.1, 0.15) is 36.3 Å². The predicted molar refractivity (Wildman–Crippen MR) is 136 cm³/mol. The number of aliphatic hydroxyl groups excluding tert-OH is 2. The van der Waals surface area contributed by atoms with Gasteiger partial charge >= 0.3 is 0 Å². The lowest BCUT2D eigenvalue weighted by atomic mass is 9.90. The quantitative estimate of drug-likeness (QED) is 0.363. The van der Waals surface area contributed by atoms with Gasteiger partial charge in [0.15, 0.2) is 17.5 Å². The number of ether oxygens (including phenoxy) is 2. The topological polar surface area (TPSA) is 153 Å². The van der Waals surface area contributed by atoms with Crippen molar-refractivity contribution in [2.45, 2.75) is 55.6 Å². The van der Waals surface area contributed by atoms with E-state index in [1.54, 1.807) is 6.07 Å². The largest absolute Gasteiger partial charge is 0.394 e. The third kappa shape index (κ3) is 5.89. The van der Waals surface area contributed by atoms with Crippen LogP contribution in [0.2, 0.25) is 0 Å². The molecule has 16 heteroatoms. The first-order chi connectivity index (χ1) is 19.5. The molecule has 0 spiro atoms. The number of hydrogen-bond acceptors (Lipinski definition) is 10. The lowest BCUT2D eigenvalue weighted by Crippen LogP contribution is -2.57. The second-order valence-electron chi connectivity index (χ2n) is 10.2. The van der Waals surface area contributed by atoms with Gasteiger partial charge in [0.2, 0.25) is 10.0 Å². The first-order valence-electron chi connectivity index (χ1n) is 12.9. The van der Waals surface area contributed by atoms with Gasteiger partial charge in [-0.2, -0.15) is 0 Å². The number of piperidine rings is 1. The van der Waals surface area contributed by atoms with Crippen LogP contribution in [0.5, 0.6) is 0 Å². The van der Waals surface area contributed by atoms with Crippen LogP contribution < -0.4 is 0 Å². The summed E-state index contributed by atoms with van der Waals surface area (Å²) >= 11 is 0. The number of hydrogen-bond donors (Lipinski definition) is 2. The highest BCUT2D eigenvalue weighted by Gasteiger charge is 2.47. The molecule has 0 aliphatic carbocycles. The Labute approximate surface area is 233 Å². The van der Waals surface area contributed by atoms with E-state index in [9.17, 15) is 31.8 Å². The minimum absolute atomic E-state index is 0.00947. The highest BCUT2D eigenvalue weighted by atomic mass is 32.2. The number of rotatable bonds is 8. The fourth-order valence-corrected chi connectivity index (χ4v) is 6.37. The van der Waals surface area contributed by atoms with E-state index in [1.807, 2.05) is 0 Å². The molecule has 41 heavy (non-hydrogen) atoms. The van der Waals surface area contributed by atoms with Crippen molar-refractivity contribution < 1.29 is 45.8 Å². The number of aliphatic hydroxyl groups is 2. The standard InChI is InChI=1S/C25H30F3N5O7S/c1-38-25-19(10-14-9-18(40-30-14)13-5-7-32(8-6-13)41(2,36)37)39-20(12-34)24(35)23(25)33-11-17(29-31-33)15-3-4-16(26)22(28)21(15)27/h3-4,9,11,13,19-20,23-25,34-35H,5-8,10,12H2,1-2H3/t19-,20-,23+,24+,25+/m1/s1. The van der Waals surface area contributed by atoms with Gasteiger partial charge in [-0.3, -0.25) is 0 Å². The molecule has 2 aliphatic heterocycles. The fraction of sp³-hybridized carbons (Fsp3) is 0.560. The van der Waals surface area contributed by atoms with E-state index in [-0.39, 0.29) is 23.6 Å². The molecule has 0 radical (unpaired) electrons. The first-order valence-corrected chi connectivity index (χ1v) is 14.8. The van der Waals surface area contributed by atoms with Crippen LogP contribution in [0.4, 0.5) is 13.2 Å². The smallest absolute Gasteiger partial charge is 0.211 e. The van der Waals surface area contributed by atoms with E-state index in [4.69, 9.17) is 14.0 Å². The lowest BCUT2D eigenvalue weighted by molar-refractivity contribution is -0.212. The maximum Gasteiger partial charge on any atom is 0.211 e. The maximum absolute atomic E-state index is 14.4. The minimum Gasteiger partial charge on any atom is -0.394 e. The summed E-state index contributed by atoms with van der Waals surface area (Å²) < 4.78 is 85.1. The number of methoxy groups -OCH3 is 1. The normalized spacial score (nSPS) is 26.5. The highest BCUT2D eigenvalue weighted by molar-refractivity contribution is 7.88. The third-order valence-corrected chi connectivity index (χ3v) is 8.98. The summed E-state index contributed by atoms with van der Waals surface area (Å²) in [6, 6.07) is 2.61. The molecule has 2 fully saturated rings. The first kappa shape index (κ1) is 29.6. The van der Waals surface area contributed by atoms with Gasteiger partial charge in [-0.1, -0.05) is 10.4 Å². The van der Waals surface area contributed by atoms with Crippen LogP contribution in [-0.2, 0) is 25.9 Å². The van der Waals surface area contributed by atoms with Crippen LogP contribution in [0.3, 0.4) is 0 Å². The second-order valence-corrected chi connectivity index (χ2v) is 12.2. The summed E-state index contributed by atoms with van der Waals surface area (Å²) in [7, 11) is -1.86. The molecule has 2 aromatic heterocycles. The van der Waals surface area contributed by atoms with Gasteiger partial charge < -0.3 is 24.2 Å². The van der Waals surface area contributed by atoms with Crippen LogP contribution in [0.15, 0.2) is 28.9 Å². The van der Waals surface area contributed by atoms with Gasteiger partial charge in [0.25, 0.3) is 0 Å². The summed E-state index contributed by atoms with van der Waals surface area (Å²) in [6.45, 7) is 0.221. The SMILES string of the molecule is CO[C@@H]1[C@@H](n2cc(-c3ccc(F)c(F)c3F)nn2)[C@@H](O)[C@@H](CO)O[C@@H]1Cc1cc(C2CCN(S(C)(=O)=O)CC2)on1. The van der Waals surface area contributed by atoms with Crippen molar-refractivity contribution in [2.75, 3.05) is 33.1 Å². The molecule has 1 aromatic carbocycles. The molecule has 2 saturated heterocycles. The van der Waals surface area contributed by atoms with E-state index in [1.165, 1.54) is 28.5 Å². The van der Waals surface area contributed by atoms with Gasteiger partial charge in [0.1, 0.15) is 35.8 Å².